The molecule has 0 spiro atoms. The number of carbonyl (C=O) groups is 2. The maximum absolute atomic E-state index is 12.6. The Morgan fingerprint density at radius 3 is 2.23 bits per heavy atom. The fraction of sp³-hybridized carbons (Fsp3) is 0.304. The van der Waals surface area contributed by atoms with Crippen molar-refractivity contribution in [2.75, 3.05) is 6.61 Å². The molecular formula is C23H26N2O5. The Hall–Kier alpha value is -3.48. The minimum atomic E-state index is -0.815. The predicted molar refractivity (Wildman–Crippen MR) is 114 cm³/mol. The monoisotopic (exact) mass is 410 g/mol. The molecule has 3 aromatic rings. The molecule has 2 amide bonds. The number of nitrogens with one attached hydrogen (secondary N) is 2. The van der Waals surface area contributed by atoms with Gasteiger partial charge in [0.2, 0.25) is 0 Å². The summed E-state index contributed by atoms with van der Waals surface area (Å²) in [7, 11) is 0. The molecule has 3 rings (SSSR count). The Kier molecular flexibility index (Phi) is 6.30. The van der Waals surface area contributed by atoms with Crippen molar-refractivity contribution in [3.05, 3.63) is 58.8 Å². The summed E-state index contributed by atoms with van der Waals surface area (Å²) in [4.78, 5) is 24.9. The van der Waals surface area contributed by atoms with Crippen LogP contribution in [0.4, 0.5) is 0 Å². The van der Waals surface area contributed by atoms with Gasteiger partial charge in [-0.05, 0) is 70.0 Å². The predicted octanol–water partition coefficient (Wildman–Crippen LogP) is 3.99. The second-order valence-corrected chi connectivity index (χ2v) is 7.07. The number of hydrazine groups is 1. The van der Waals surface area contributed by atoms with Crippen molar-refractivity contribution in [3.8, 4) is 11.5 Å². The van der Waals surface area contributed by atoms with Gasteiger partial charge in [0.1, 0.15) is 17.1 Å². The zero-order chi connectivity index (χ0) is 21.8. The summed E-state index contributed by atoms with van der Waals surface area (Å²) in [5.41, 5.74) is 8.16. The molecule has 1 atom stereocenters. The van der Waals surface area contributed by atoms with Crippen molar-refractivity contribution in [1.82, 2.24) is 10.9 Å². The Morgan fingerprint density at radius 2 is 1.60 bits per heavy atom. The van der Waals surface area contributed by atoms with E-state index in [0.717, 1.165) is 27.8 Å². The number of rotatable bonds is 6. The number of amides is 2. The van der Waals surface area contributed by atoms with Crippen LogP contribution in [0, 0.1) is 20.8 Å². The Bertz CT molecular complexity index is 1070. The highest BCUT2D eigenvalue weighted by Crippen LogP contribution is 2.30. The first-order valence-corrected chi connectivity index (χ1v) is 9.80. The number of ether oxygens (including phenoxy) is 2. The van der Waals surface area contributed by atoms with Crippen molar-refractivity contribution < 1.29 is 23.5 Å². The average molecular weight is 410 g/mol. The molecule has 1 aromatic heterocycles. The molecule has 0 aliphatic heterocycles. The highest BCUT2D eigenvalue weighted by atomic mass is 16.5. The van der Waals surface area contributed by atoms with Gasteiger partial charge >= 0.3 is 5.91 Å². The van der Waals surface area contributed by atoms with Gasteiger partial charge in [-0.15, -0.1) is 0 Å². The van der Waals surface area contributed by atoms with Crippen LogP contribution in [0.5, 0.6) is 11.5 Å². The van der Waals surface area contributed by atoms with Gasteiger partial charge in [0, 0.05) is 10.9 Å². The van der Waals surface area contributed by atoms with Crippen LogP contribution in [-0.2, 0) is 4.79 Å². The number of aryl methyl sites for hydroxylation is 3. The molecule has 0 radical (unpaired) electrons. The minimum Gasteiger partial charge on any atom is -0.494 e. The van der Waals surface area contributed by atoms with E-state index in [-0.39, 0.29) is 5.76 Å². The van der Waals surface area contributed by atoms with Crippen molar-refractivity contribution >= 4 is 22.8 Å². The van der Waals surface area contributed by atoms with Crippen molar-refractivity contribution in [1.29, 1.82) is 0 Å². The Labute approximate surface area is 175 Å². The van der Waals surface area contributed by atoms with E-state index in [9.17, 15) is 9.59 Å². The van der Waals surface area contributed by atoms with Crippen molar-refractivity contribution in [3.63, 3.8) is 0 Å². The molecule has 0 aliphatic carbocycles. The summed E-state index contributed by atoms with van der Waals surface area (Å²) in [6.07, 6.45) is -0.815. The van der Waals surface area contributed by atoms with Crippen LogP contribution in [0.3, 0.4) is 0 Å². The molecule has 158 valence electrons. The van der Waals surface area contributed by atoms with Crippen LogP contribution in [0.1, 0.15) is 41.1 Å². The molecule has 0 fully saturated rings. The molecule has 0 bridgehead atoms. The molecule has 0 saturated heterocycles. The number of benzene rings is 2. The fourth-order valence-corrected chi connectivity index (χ4v) is 3.21. The summed E-state index contributed by atoms with van der Waals surface area (Å²) in [5.74, 6) is 0.401. The Morgan fingerprint density at radius 1 is 0.967 bits per heavy atom. The van der Waals surface area contributed by atoms with Gasteiger partial charge in [-0.25, -0.2) is 0 Å². The second kappa shape index (κ2) is 8.90. The number of fused-ring (bicyclic) bond motifs is 1. The van der Waals surface area contributed by atoms with Crippen LogP contribution < -0.4 is 20.3 Å². The standard InChI is InChI=1S/C23H26N2O5/c1-6-28-17-9-11-18(12-10-17)29-16(5)22(26)24-25-23(27)21-15(4)19-13(2)7-8-14(3)20(19)30-21/h7-12,16H,6H2,1-5H3,(H,24,26)(H,25,27). The van der Waals surface area contributed by atoms with E-state index in [1.54, 1.807) is 31.2 Å². The molecule has 2 aromatic carbocycles. The van der Waals surface area contributed by atoms with Gasteiger partial charge in [-0.3, -0.25) is 20.4 Å². The summed E-state index contributed by atoms with van der Waals surface area (Å²) in [6, 6.07) is 10.9. The molecular weight excluding hydrogens is 384 g/mol. The van der Waals surface area contributed by atoms with Gasteiger partial charge in [-0.2, -0.15) is 0 Å². The lowest BCUT2D eigenvalue weighted by atomic mass is 10.0. The molecule has 0 aliphatic rings. The largest absolute Gasteiger partial charge is 0.494 e. The number of carbonyl (C=O) groups excluding carboxylic acids is 2. The smallest absolute Gasteiger partial charge is 0.305 e. The zero-order valence-electron chi connectivity index (χ0n) is 17.8. The van der Waals surface area contributed by atoms with Crippen molar-refractivity contribution in [2.24, 2.45) is 0 Å². The molecule has 7 nitrogen and oxygen atoms in total. The van der Waals surface area contributed by atoms with Gasteiger partial charge in [0.05, 0.1) is 6.61 Å². The lowest BCUT2D eigenvalue weighted by molar-refractivity contribution is -0.128. The van der Waals surface area contributed by atoms with Gasteiger partial charge in [0.15, 0.2) is 11.9 Å². The maximum Gasteiger partial charge on any atom is 0.305 e. The van der Waals surface area contributed by atoms with E-state index in [0.29, 0.717) is 17.9 Å². The SMILES string of the molecule is CCOc1ccc(OC(C)C(=O)NNC(=O)c2oc3c(C)ccc(C)c3c2C)cc1. The van der Waals surface area contributed by atoms with Crippen LogP contribution in [0.25, 0.3) is 11.0 Å². The van der Waals surface area contributed by atoms with Crippen LogP contribution in [-0.4, -0.2) is 24.5 Å². The Balaban J connectivity index is 1.62. The number of furan rings is 1. The van der Waals surface area contributed by atoms with E-state index in [1.807, 2.05) is 39.8 Å². The molecule has 2 N–H and O–H groups in total. The van der Waals surface area contributed by atoms with Crippen LogP contribution in [0.2, 0.25) is 0 Å². The maximum atomic E-state index is 12.6. The topological polar surface area (TPSA) is 89.8 Å². The third kappa shape index (κ3) is 4.40. The summed E-state index contributed by atoms with van der Waals surface area (Å²) in [6.45, 7) is 9.79. The minimum absolute atomic E-state index is 0.169. The van der Waals surface area contributed by atoms with E-state index in [2.05, 4.69) is 10.9 Å². The van der Waals surface area contributed by atoms with E-state index >= 15 is 0 Å². The van der Waals surface area contributed by atoms with Crippen LogP contribution >= 0.6 is 0 Å². The third-order valence-electron chi connectivity index (χ3n) is 4.80. The second-order valence-electron chi connectivity index (χ2n) is 7.07. The molecule has 0 saturated carbocycles. The van der Waals surface area contributed by atoms with E-state index < -0.39 is 17.9 Å². The first-order valence-electron chi connectivity index (χ1n) is 9.80. The van der Waals surface area contributed by atoms with Crippen LogP contribution in [0.15, 0.2) is 40.8 Å². The zero-order valence-corrected chi connectivity index (χ0v) is 17.8. The van der Waals surface area contributed by atoms with Gasteiger partial charge in [-0.1, -0.05) is 12.1 Å². The third-order valence-corrected chi connectivity index (χ3v) is 4.80. The fourth-order valence-electron chi connectivity index (χ4n) is 3.21. The molecule has 1 unspecified atom stereocenters. The first-order chi connectivity index (χ1) is 14.3. The first kappa shape index (κ1) is 21.2. The lowest BCUT2D eigenvalue weighted by Crippen LogP contribution is -2.47. The lowest BCUT2D eigenvalue weighted by Gasteiger charge is -2.15. The van der Waals surface area contributed by atoms with Gasteiger partial charge < -0.3 is 13.9 Å². The highest BCUT2D eigenvalue weighted by molar-refractivity contribution is 6.01. The number of hydrogen-bond donors (Lipinski definition) is 2. The normalized spacial score (nSPS) is 11.8. The summed E-state index contributed by atoms with van der Waals surface area (Å²) >= 11 is 0. The average Bonchev–Trinajstić information content (AvgIpc) is 3.09. The summed E-state index contributed by atoms with van der Waals surface area (Å²) in [5, 5.41) is 0.915. The molecule has 30 heavy (non-hydrogen) atoms. The van der Waals surface area contributed by atoms with E-state index in [1.165, 1.54) is 0 Å². The summed E-state index contributed by atoms with van der Waals surface area (Å²) < 4.78 is 16.8. The van der Waals surface area contributed by atoms with Gasteiger partial charge in [0.25, 0.3) is 5.91 Å². The number of hydrogen-bond acceptors (Lipinski definition) is 5. The molecule has 1 heterocycles. The van der Waals surface area contributed by atoms with E-state index in [4.69, 9.17) is 13.9 Å². The molecule has 7 heteroatoms. The quantitative estimate of drug-likeness (QED) is 0.600. The van der Waals surface area contributed by atoms with Crippen molar-refractivity contribution in [2.45, 2.75) is 40.7 Å². The highest BCUT2D eigenvalue weighted by Gasteiger charge is 2.22.